The summed E-state index contributed by atoms with van der Waals surface area (Å²) in [6.45, 7) is 0.0759. The van der Waals surface area contributed by atoms with Crippen molar-refractivity contribution in [3.63, 3.8) is 0 Å². The van der Waals surface area contributed by atoms with E-state index in [0.717, 1.165) is 0 Å². The first kappa shape index (κ1) is 16.8. The van der Waals surface area contributed by atoms with Gasteiger partial charge < -0.3 is 4.90 Å². The maximum Gasteiger partial charge on any atom is 0.433 e. The molecule has 0 bridgehead atoms. The zero-order chi connectivity index (χ0) is 15.6. The van der Waals surface area contributed by atoms with E-state index in [-0.39, 0.29) is 6.54 Å². The van der Waals surface area contributed by atoms with Crippen LogP contribution in [0.5, 0.6) is 0 Å². The van der Waals surface area contributed by atoms with Crippen LogP contribution in [0, 0.1) is 0 Å². The van der Waals surface area contributed by atoms with Gasteiger partial charge in [-0.25, -0.2) is 9.97 Å². The molecule has 114 valence electrons. The summed E-state index contributed by atoms with van der Waals surface area (Å²) in [5.41, 5.74) is -1.38. The molecule has 0 aliphatic carbocycles. The Morgan fingerprint density at radius 1 is 1.15 bits per heavy atom. The fraction of sp³-hybridized carbons (Fsp3) is 0.600. The van der Waals surface area contributed by atoms with E-state index in [4.69, 9.17) is 11.6 Å². The van der Waals surface area contributed by atoms with Gasteiger partial charge in [0, 0.05) is 12.6 Å². The van der Waals surface area contributed by atoms with Gasteiger partial charge in [0.15, 0.2) is 5.69 Å². The summed E-state index contributed by atoms with van der Waals surface area (Å²) < 4.78 is 74.9. The van der Waals surface area contributed by atoms with Gasteiger partial charge in [-0.15, -0.1) is 0 Å². The highest BCUT2D eigenvalue weighted by Crippen LogP contribution is 2.31. The summed E-state index contributed by atoms with van der Waals surface area (Å²) in [5.74, 6) is -0.503. The van der Waals surface area contributed by atoms with E-state index in [1.165, 1.54) is 0 Å². The molecule has 0 saturated heterocycles. The Morgan fingerprint density at radius 3 is 2.20 bits per heavy atom. The number of aromatic nitrogens is 2. The summed E-state index contributed by atoms with van der Waals surface area (Å²) in [5, 5.41) is -0.752. The molecule has 0 spiro atoms. The number of halogens is 7. The van der Waals surface area contributed by atoms with Crippen LogP contribution in [0.1, 0.15) is 19.0 Å². The lowest BCUT2D eigenvalue weighted by Crippen LogP contribution is -2.35. The Hall–Kier alpha value is -1.25. The molecule has 0 saturated carbocycles. The average Bonchev–Trinajstić information content (AvgIpc) is 2.24. The molecule has 0 aliphatic heterocycles. The average molecular weight is 322 g/mol. The quantitative estimate of drug-likeness (QED) is 0.621. The largest absolute Gasteiger partial charge is 0.433 e. The van der Waals surface area contributed by atoms with Gasteiger partial charge in [0.2, 0.25) is 5.28 Å². The number of hydrogen-bond donors (Lipinski definition) is 0. The Morgan fingerprint density at radius 2 is 1.75 bits per heavy atom. The summed E-state index contributed by atoms with van der Waals surface area (Å²) in [6.07, 6.45) is -9.07. The SMILES string of the molecule is CCCN(CC(F)(F)F)c1cc(C(F)(F)F)nc(Cl)n1. The van der Waals surface area contributed by atoms with Crippen molar-refractivity contribution >= 4 is 17.4 Å². The number of alkyl halides is 6. The van der Waals surface area contributed by atoms with E-state index in [2.05, 4.69) is 9.97 Å². The summed E-state index contributed by atoms with van der Waals surface area (Å²) >= 11 is 5.34. The smallest absolute Gasteiger partial charge is 0.347 e. The molecule has 0 N–H and O–H groups in total. The van der Waals surface area contributed by atoms with Crippen molar-refractivity contribution in [3.05, 3.63) is 17.0 Å². The maximum absolute atomic E-state index is 12.5. The van der Waals surface area contributed by atoms with E-state index >= 15 is 0 Å². The van der Waals surface area contributed by atoms with Crippen LogP contribution < -0.4 is 4.90 Å². The van der Waals surface area contributed by atoms with Gasteiger partial charge in [0.1, 0.15) is 12.4 Å². The summed E-state index contributed by atoms with van der Waals surface area (Å²) in [7, 11) is 0. The molecule has 0 radical (unpaired) electrons. The zero-order valence-corrected chi connectivity index (χ0v) is 10.9. The number of nitrogens with zero attached hydrogens (tertiary/aromatic N) is 3. The molecule has 0 aromatic carbocycles. The lowest BCUT2D eigenvalue weighted by atomic mass is 10.3. The minimum absolute atomic E-state index is 0.107. The molecule has 20 heavy (non-hydrogen) atoms. The minimum atomic E-state index is -4.81. The topological polar surface area (TPSA) is 29.0 Å². The molecular formula is C10H10ClF6N3. The van der Waals surface area contributed by atoms with Crippen LogP contribution in [-0.4, -0.2) is 29.2 Å². The molecule has 0 unspecified atom stereocenters. The standard InChI is InChI=1S/C10H10ClF6N3/c1-2-3-20(5-9(12,13)14)7-4-6(10(15,16)17)18-8(11)19-7/h4H,2-3,5H2,1H3. The van der Waals surface area contributed by atoms with E-state index in [1.54, 1.807) is 6.92 Å². The molecule has 10 heteroatoms. The normalized spacial score (nSPS) is 12.6. The molecule has 3 nitrogen and oxygen atoms in total. The molecule has 0 amide bonds. The lowest BCUT2D eigenvalue weighted by Gasteiger charge is -2.24. The number of hydrogen-bond acceptors (Lipinski definition) is 3. The predicted octanol–water partition coefficient (Wildman–Crippen LogP) is 3.93. The third-order valence-corrected chi connectivity index (χ3v) is 2.33. The Labute approximate surface area is 115 Å². The monoisotopic (exact) mass is 321 g/mol. The van der Waals surface area contributed by atoms with Crippen molar-refractivity contribution in [1.82, 2.24) is 9.97 Å². The minimum Gasteiger partial charge on any atom is -0.347 e. The van der Waals surface area contributed by atoms with Gasteiger partial charge in [0.05, 0.1) is 0 Å². The lowest BCUT2D eigenvalue weighted by molar-refractivity contribution is -0.141. The zero-order valence-electron chi connectivity index (χ0n) is 10.2. The van der Waals surface area contributed by atoms with E-state index in [1.807, 2.05) is 0 Å². The summed E-state index contributed by atoms with van der Waals surface area (Å²) in [6, 6.07) is 0.452. The van der Waals surface area contributed by atoms with Gasteiger partial charge in [-0.1, -0.05) is 6.92 Å². The Kier molecular flexibility index (Phi) is 5.06. The van der Waals surface area contributed by atoms with Crippen molar-refractivity contribution in [2.75, 3.05) is 18.0 Å². The number of rotatable bonds is 4. The van der Waals surface area contributed by atoms with Crippen LogP contribution in [0.25, 0.3) is 0 Å². The second-order valence-corrected chi connectivity index (χ2v) is 4.25. The van der Waals surface area contributed by atoms with Crippen LogP contribution in [-0.2, 0) is 6.18 Å². The van der Waals surface area contributed by atoms with E-state index in [9.17, 15) is 26.3 Å². The first-order valence-electron chi connectivity index (χ1n) is 5.46. The molecule has 0 fully saturated rings. The molecule has 0 aliphatic rings. The molecule has 0 atom stereocenters. The highest BCUT2D eigenvalue weighted by Gasteiger charge is 2.36. The first-order chi connectivity index (χ1) is 9.03. The third kappa shape index (κ3) is 5.03. The highest BCUT2D eigenvalue weighted by atomic mass is 35.5. The van der Waals surface area contributed by atoms with Crippen LogP contribution in [0.15, 0.2) is 6.07 Å². The highest BCUT2D eigenvalue weighted by molar-refractivity contribution is 6.28. The second kappa shape index (κ2) is 6.02. The molecule has 1 aromatic rings. The van der Waals surface area contributed by atoms with E-state index < -0.39 is 35.7 Å². The first-order valence-corrected chi connectivity index (χ1v) is 5.84. The Bertz CT molecular complexity index is 459. The van der Waals surface area contributed by atoms with Crippen LogP contribution in [0.2, 0.25) is 5.28 Å². The van der Waals surface area contributed by atoms with Crippen LogP contribution in [0.4, 0.5) is 32.2 Å². The molecular weight excluding hydrogens is 312 g/mol. The molecule has 1 rings (SSSR count). The van der Waals surface area contributed by atoms with Crippen LogP contribution >= 0.6 is 11.6 Å². The van der Waals surface area contributed by atoms with Crippen molar-refractivity contribution in [2.45, 2.75) is 25.7 Å². The van der Waals surface area contributed by atoms with Crippen molar-refractivity contribution in [2.24, 2.45) is 0 Å². The fourth-order valence-corrected chi connectivity index (χ4v) is 1.65. The van der Waals surface area contributed by atoms with Crippen molar-refractivity contribution < 1.29 is 26.3 Å². The fourth-order valence-electron chi connectivity index (χ4n) is 1.47. The second-order valence-electron chi connectivity index (χ2n) is 3.91. The van der Waals surface area contributed by atoms with Gasteiger partial charge in [-0.05, 0) is 18.0 Å². The summed E-state index contributed by atoms with van der Waals surface area (Å²) in [4.78, 5) is 7.08. The van der Waals surface area contributed by atoms with Crippen molar-refractivity contribution in [3.8, 4) is 0 Å². The van der Waals surface area contributed by atoms with Gasteiger partial charge in [-0.2, -0.15) is 26.3 Å². The maximum atomic E-state index is 12.5. The van der Waals surface area contributed by atoms with Gasteiger partial charge >= 0.3 is 12.4 Å². The molecule has 1 heterocycles. The van der Waals surface area contributed by atoms with E-state index in [0.29, 0.717) is 17.4 Å². The third-order valence-electron chi connectivity index (χ3n) is 2.16. The van der Waals surface area contributed by atoms with Crippen LogP contribution in [0.3, 0.4) is 0 Å². The van der Waals surface area contributed by atoms with Gasteiger partial charge in [0.25, 0.3) is 0 Å². The Balaban J connectivity index is 3.16. The van der Waals surface area contributed by atoms with Gasteiger partial charge in [-0.3, -0.25) is 0 Å². The predicted molar refractivity (Wildman–Crippen MR) is 60.6 cm³/mol. The number of anilines is 1. The van der Waals surface area contributed by atoms with Crippen molar-refractivity contribution in [1.29, 1.82) is 0 Å². The molecule has 1 aromatic heterocycles.